The van der Waals surface area contributed by atoms with Crippen molar-refractivity contribution in [3.05, 3.63) is 53.6 Å². The first-order valence-electron chi connectivity index (χ1n) is 8.69. The third-order valence-corrected chi connectivity index (χ3v) is 4.48. The van der Waals surface area contributed by atoms with Crippen LogP contribution >= 0.6 is 11.8 Å². The standard InChI is InChI=1S/C20H20N4O3S/c1-12(2)28-20-22-17-9-6-15(10-18(17)23-20)19(26)24-21-11-14-4-7-16(8-5-14)27-13(3)25/h4-12H,1-3H3,(H,22,23)(H,24,26)/b21-11-. The van der Waals surface area contributed by atoms with Gasteiger partial charge in [0.15, 0.2) is 5.16 Å². The number of fused-ring (bicyclic) bond motifs is 1. The van der Waals surface area contributed by atoms with Crippen molar-refractivity contribution in [1.82, 2.24) is 15.4 Å². The highest BCUT2D eigenvalue weighted by atomic mass is 32.2. The molecule has 0 aliphatic rings. The van der Waals surface area contributed by atoms with Crippen molar-refractivity contribution >= 4 is 40.9 Å². The van der Waals surface area contributed by atoms with Crippen LogP contribution < -0.4 is 10.2 Å². The Kier molecular flexibility index (Phi) is 6.10. The van der Waals surface area contributed by atoms with Crippen molar-refractivity contribution in [3.63, 3.8) is 0 Å². The molecule has 1 heterocycles. The summed E-state index contributed by atoms with van der Waals surface area (Å²) in [6, 6.07) is 12.1. The average Bonchev–Trinajstić information content (AvgIpc) is 3.03. The molecule has 0 fully saturated rings. The first-order chi connectivity index (χ1) is 13.4. The summed E-state index contributed by atoms with van der Waals surface area (Å²) in [6.07, 6.45) is 1.52. The first kappa shape index (κ1) is 19.6. The molecule has 0 radical (unpaired) electrons. The van der Waals surface area contributed by atoms with Crippen LogP contribution in [0.5, 0.6) is 5.75 Å². The predicted octanol–water partition coefficient (Wildman–Crippen LogP) is 3.75. The number of hydrogen-bond acceptors (Lipinski definition) is 6. The van der Waals surface area contributed by atoms with Crippen molar-refractivity contribution in [2.24, 2.45) is 5.10 Å². The van der Waals surface area contributed by atoms with Crippen LogP contribution in [0.15, 0.2) is 52.7 Å². The number of aromatic amines is 1. The number of nitrogens with one attached hydrogen (secondary N) is 2. The van der Waals surface area contributed by atoms with Gasteiger partial charge in [0.1, 0.15) is 5.75 Å². The molecule has 7 nitrogen and oxygen atoms in total. The number of amides is 1. The second-order valence-electron chi connectivity index (χ2n) is 6.30. The Hall–Kier alpha value is -3.13. The zero-order valence-electron chi connectivity index (χ0n) is 15.7. The summed E-state index contributed by atoms with van der Waals surface area (Å²) < 4.78 is 4.96. The second-order valence-corrected chi connectivity index (χ2v) is 7.87. The van der Waals surface area contributed by atoms with Gasteiger partial charge in [0.05, 0.1) is 17.2 Å². The molecule has 2 N–H and O–H groups in total. The number of carbonyl (C=O) groups is 2. The van der Waals surface area contributed by atoms with E-state index >= 15 is 0 Å². The van der Waals surface area contributed by atoms with Crippen molar-refractivity contribution < 1.29 is 14.3 Å². The Balaban J connectivity index is 1.63. The lowest BCUT2D eigenvalue weighted by Gasteiger charge is -2.01. The SMILES string of the molecule is CC(=O)Oc1ccc(/C=N\NC(=O)c2ccc3nc(SC(C)C)[nH]c3c2)cc1. The lowest BCUT2D eigenvalue weighted by atomic mass is 10.2. The molecule has 0 spiro atoms. The van der Waals surface area contributed by atoms with E-state index in [1.807, 2.05) is 6.07 Å². The molecular formula is C20H20N4O3S. The number of nitrogens with zero attached hydrogens (tertiary/aromatic N) is 2. The molecule has 3 aromatic rings. The summed E-state index contributed by atoms with van der Waals surface area (Å²) >= 11 is 1.64. The fourth-order valence-electron chi connectivity index (χ4n) is 2.42. The van der Waals surface area contributed by atoms with E-state index in [0.717, 1.165) is 21.8 Å². The maximum atomic E-state index is 12.3. The number of carbonyl (C=O) groups excluding carboxylic acids is 2. The van der Waals surface area contributed by atoms with Gasteiger partial charge in [0.25, 0.3) is 5.91 Å². The molecule has 1 amide bonds. The topological polar surface area (TPSA) is 96.4 Å². The van der Waals surface area contributed by atoms with Crippen molar-refractivity contribution in [1.29, 1.82) is 0 Å². The monoisotopic (exact) mass is 396 g/mol. The average molecular weight is 396 g/mol. The number of hydrazone groups is 1. The van der Waals surface area contributed by atoms with Crippen LogP contribution in [0, 0.1) is 0 Å². The Morgan fingerprint density at radius 1 is 1.21 bits per heavy atom. The number of benzene rings is 2. The summed E-state index contributed by atoms with van der Waals surface area (Å²) in [5.41, 5.74) is 5.37. The normalized spacial score (nSPS) is 11.3. The maximum absolute atomic E-state index is 12.3. The molecule has 2 aromatic carbocycles. The van der Waals surface area contributed by atoms with E-state index < -0.39 is 0 Å². The quantitative estimate of drug-likeness (QED) is 0.217. The van der Waals surface area contributed by atoms with Crippen LogP contribution in [-0.4, -0.2) is 33.3 Å². The lowest BCUT2D eigenvalue weighted by Crippen LogP contribution is -2.17. The molecular weight excluding hydrogens is 376 g/mol. The first-order valence-corrected chi connectivity index (χ1v) is 9.57. The number of esters is 1. The van der Waals surface area contributed by atoms with Crippen LogP contribution in [0.3, 0.4) is 0 Å². The van der Waals surface area contributed by atoms with Gasteiger partial charge in [-0.2, -0.15) is 5.10 Å². The van der Waals surface area contributed by atoms with Crippen LogP contribution in [0.4, 0.5) is 0 Å². The van der Waals surface area contributed by atoms with Crippen LogP contribution in [-0.2, 0) is 4.79 Å². The van der Waals surface area contributed by atoms with E-state index in [4.69, 9.17) is 4.74 Å². The number of imidazole rings is 1. The Morgan fingerprint density at radius 2 is 1.96 bits per heavy atom. The second kappa shape index (κ2) is 8.71. The van der Waals surface area contributed by atoms with Gasteiger partial charge in [-0.1, -0.05) is 25.6 Å². The number of rotatable bonds is 6. The molecule has 0 aliphatic carbocycles. The number of H-pyrrole nitrogens is 1. The maximum Gasteiger partial charge on any atom is 0.308 e. The van der Waals surface area contributed by atoms with Crippen molar-refractivity contribution in [2.45, 2.75) is 31.2 Å². The molecule has 0 saturated heterocycles. The van der Waals surface area contributed by atoms with Crippen molar-refractivity contribution in [3.8, 4) is 5.75 Å². The zero-order chi connectivity index (χ0) is 20.1. The number of hydrogen-bond donors (Lipinski definition) is 2. The highest BCUT2D eigenvalue weighted by molar-refractivity contribution is 7.99. The number of aromatic nitrogens is 2. The Labute approximate surface area is 166 Å². The van der Waals surface area contributed by atoms with Crippen LogP contribution in [0.25, 0.3) is 11.0 Å². The van der Waals surface area contributed by atoms with Gasteiger partial charge < -0.3 is 9.72 Å². The molecule has 3 rings (SSSR count). The minimum atomic E-state index is -0.377. The third kappa shape index (κ3) is 5.20. The van der Waals surface area contributed by atoms with E-state index in [1.54, 1.807) is 48.2 Å². The third-order valence-electron chi connectivity index (χ3n) is 3.59. The van der Waals surface area contributed by atoms with Gasteiger partial charge in [0, 0.05) is 17.7 Å². The van der Waals surface area contributed by atoms with Gasteiger partial charge in [-0.25, -0.2) is 10.4 Å². The van der Waals surface area contributed by atoms with E-state index in [2.05, 4.69) is 34.3 Å². The van der Waals surface area contributed by atoms with E-state index in [0.29, 0.717) is 16.6 Å². The predicted molar refractivity (Wildman–Crippen MR) is 110 cm³/mol. The Morgan fingerprint density at radius 3 is 2.64 bits per heavy atom. The van der Waals surface area contributed by atoms with Crippen molar-refractivity contribution in [2.75, 3.05) is 0 Å². The largest absolute Gasteiger partial charge is 0.427 e. The van der Waals surface area contributed by atoms with E-state index in [9.17, 15) is 9.59 Å². The molecule has 28 heavy (non-hydrogen) atoms. The summed E-state index contributed by atoms with van der Waals surface area (Å²) in [7, 11) is 0. The fourth-order valence-corrected chi connectivity index (χ4v) is 3.19. The highest BCUT2D eigenvalue weighted by Crippen LogP contribution is 2.23. The molecule has 144 valence electrons. The number of thioether (sulfide) groups is 1. The lowest BCUT2D eigenvalue weighted by molar-refractivity contribution is -0.131. The van der Waals surface area contributed by atoms with Crippen LogP contribution in [0.1, 0.15) is 36.7 Å². The minimum Gasteiger partial charge on any atom is -0.427 e. The highest BCUT2D eigenvalue weighted by Gasteiger charge is 2.09. The van der Waals surface area contributed by atoms with Gasteiger partial charge in [-0.05, 0) is 48.0 Å². The van der Waals surface area contributed by atoms with Gasteiger partial charge in [-0.3, -0.25) is 9.59 Å². The molecule has 0 saturated carbocycles. The van der Waals surface area contributed by atoms with Gasteiger partial charge in [0.2, 0.25) is 0 Å². The fraction of sp³-hybridized carbons (Fsp3) is 0.200. The van der Waals surface area contributed by atoms with E-state index in [-0.39, 0.29) is 11.9 Å². The van der Waals surface area contributed by atoms with Gasteiger partial charge >= 0.3 is 5.97 Å². The summed E-state index contributed by atoms with van der Waals surface area (Å²) in [6.45, 7) is 5.53. The Bertz CT molecular complexity index is 1030. The summed E-state index contributed by atoms with van der Waals surface area (Å²) in [4.78, 5) is 30.9. The zero-order valence-corrected chi connectivity index (χ0v) is 16.5. The molecule has 0 aliphatic heterocycles. The molecule has 8 heteroatoms. The minimum absolute atomic E-state index is 0.317. The summed E-state index contributed by atoms with van der Waals surface area (Å²) in [5, 5.41) is 5.22. The van der Waals surface area contributed by atoms with E-state index in [1.165, 1.54) is 13.1 Å². The van der Waals surface area contributed by atoms with Gasteiger partial charge in [-0.15, -0.1) is 0 Å². The molecule has 1 aromatic heterocycles. The smallest absolute Gasteiger partial charge is 0.308 e. The molecule has 0 bridgehead atoms. The number of ether oxygens (including phenoxy) is 1. The molecule has 0 atom stereocenters. The molecule has 0 unspecified atom stereocenters. The summed E-state index contributed by atoms with van der Waals surface area (Å²) in [5.74, 6) is -0.239. The van der Waals surface area contributed by atoms with Crippen LogP contribution in [0.2, 0.25) is 0 Å².